The van der Waals surface area contributed by atoms with E-state index in [1.54, 1.807) is 11.8 Å². The van der Waals surface area contributed by atoms with Crippen LogP contribution < -0.4 is 0 Å². The summed E-state index contributed by atoms with van der Waals surface area (Å²) in [7, 11) is 0. The Kier molecular flexibility index (Phi) is 3.83. The minimum absolute atomic E-state index is 0.330. The second-order valence-corrected chi connectivity index (χ2v) is 7.46. The average molecular weight is 349 g/mol. The zero-order chi connectivity index (χ0) is 16.6. The first kappa shape index (κ1) is 15.2. The molecule has 0 N–H and O–H groups in total. The van der Waals surface area contributed by atoms with Crippen molar-refractivity contribution in [3.05, 3.63) is 48.5 Å². The van der Waals surface area contributed by atoms with Crippen molar-refractivity contribution in [1.82, 2.24) is 14.4 Å². The number of benzene rings is 2. The van der Waals surface area contributed by atoms with Crippen LogP contribution in [0.25, 0.3) is 27.6 Å². The number of thioether (sulfide) groups is 1. The highest BCUT2D eigenvalue weighted by Gasteiger charge is 2.18. The maximum atomic E-state index is 5.89. The Bertz CT molecular complexity index is 1050. The van der Waals surface area contributed by atoms with Gasteiger partial charge in [-0.2, -0.15) is 0 Å². The summed E-state index contributed by atoms with van der Waals surface area (Å²) in [6.45, 7) is 0.889. The van der Waals surface area contributed by atoms with E-state index in [4.69, 9.17) is 14.7 Å². The summed E-state index contributed by atoms with van der Waals surface area (Å²) in [5.41, 5.74) is 4.11. The quantitative estimate of drug-likeness (QED) is 0.397. The van der Waals surface area contributed by atoms with E-state index in [1.807, 2.05) is 18.2 Å². The van der Waals surface area contributed by atoms with Crippen LogP contribution in [0.5, 0.6) is 0 Å². The molecule has 1 saturated heterocycles. The second-order valence-electron chi connectivity index (χ2n) is 6.47. The van der Waals surface area contributed by atoms with Gasteiger partial charge >= 0.3 is 0 Å². The van der Waals surface area contributed by atoms with Gasteiger partial charge in [0.05, 0.1) is 22.7 Å². The van der Waals surface area contributed by atoms with Crippen molar-refractivity contribution in [2.45, 2.75) is 30.5 Å². The molecular formula is C20H19N3OS. The summed E-state index contributed by atoms with van der Waals surface area (Å²) in [6.07, 6.45) is 3.93. The van der Waals surface area contributed by atoms with Gasteiger partial charge in [0.2, 0.25) is 0 Å². The predicted octanol–water partition coefficient (Wildman–Crippen LogP) is 4.70. The van der Waals surface area contributed by atoms with E-state index < -0.39 is 0 Å². The number of fused-ring (bicyclic) bond motifs is 5. The lowest BCUT2D eigenvalue weighted by Crippen LogP contribution is -2.21. The molecular weight excluding hydrogens is 330 g/mol. The Morgan fingerprint density at radius 1 is 1.00 bits per heavy atom. The van der Waals surface area contributed by atoms with Crippen LogP contribution >= 0.6 is 11.8 Å². The molecule has 4 aromatic rings. The highest BCUT2D eigenvalue weighted by molar-refractivity contribution is 7.99. The van der Waals surface area contributed by atoms with Crippen molar-refractivity contribution in [3.8, 4) is 0 Å². The molecule has 2 aromatic heterocycles. The summed E-state index contributed by atoms with van der Waals surface area (Å²) in [6, 6.07) is 16.5. The van der Waals surface area contributed by atoms with E-state index in [1.165, 1.54) is 12.8 Å². The maximum Gasteiger partial charge on any atom is 0.174 e. The molecule has 0 saturated carbocycles. The topological polar surface area (TPSA) is 39.4 Å². The SMILES string of the molecule is c1ccc2c(c1)nc(SCC1CCCCO1)n1c3ccccc3nc21. The largest absolute Gasteiger partial charge is 0.377 e. The van der Waals surface area contributed by atoms with Gasteiger partial charge in [0.15, 0.2) is 5.16 Å². The number of aromatic nitrogens is 3. The van der Waals surface area contributed by atoms with Crippen LogP contribution in [0.2, 0.25) is 0 Å². The Labute approximate surface area is 150 Å². The van der Waals surface area contributed by atoms with E-state index in [0.29, 0.717) is 6.10 Å². The molecule has 2 aromatic carbocycles. The van der Waals surface area contributed by atoms with Crippen molar-refractivity contribution in [2.24, 2.45) is 0 Å². The third kappa shape index (κ3) is 2.68. The molecule has 4 nitrogen and oxygen atoms in total. The molecule has 1 atom stereocenters. The van der Waals surface area contributed by atoms with Gasteiger partial charge in [0.1, 0.15) is 5.65 Å². The second kappa shape index (κ2) is 6.32. The molecule has 5 rings (SSSR count). The standard InChI is InChI=1S/C20H19N3OS/c1-2-9-16-15(8-1)19-21-17-10-3-4-11-18(17)23(19)20(22-16)25-13-14-7-5-6-12-24-14/h1-4,8-11,14H,5-7,12-13H2. The summed E-state index contributed by atoms with van der Waals surface area (Å²) in [5, 5.41) is 2.09. The normalized spacial score (nSPS) is 18.3. The molecule has 25 heavy (non-hydrogen) atoms. The van der Waals surface area contributed by atoms with Gasteiger partial charge in [0, 0.05) is 17.7 Å². The third-order valence-corrected chi connectivity index (χ3v) is 5.86. The van der Waals surface area contributed by atoms with Crippen LogP contribution in [-0.4, -0.2) is 32.8 Å². The predicted molar refractivity (Wildman–Crippen MR) is 102 cm³/mol. The van der Waals surface area contributed by atoms with Crippen LogP contribution in [-0.2, 0) is 4.74 Å². The van der Waals surface area contributed by atoms with Gasteiger partial charge < -0.3 is 4.74 Å². The first-order chi connectivity index (χ1) is 12.4. The van der Waals surface area contributed by atoms with Crippen LogP contribution in [0.1, 0.15) is 19.3 Å². The summed E-state index contributed by atoms with van der Waals surface area (Å²) >= 11 is 1.78. The van der Waals surface area contributed by atoms with Gasteiger partial charge in [-0.15, -0.1) is 0 Å². The molecule has 5 heteroatoms. The number of rotatable bonds is 3. The molecule has 1 aliphatic rings. The Morgan fingerprint density at radius 3 is 2.72 bits per heavy atom. The van der Waals surface area contributed by atoms with Crippen molar-refractivity contribution in [2.75, 3.05) is 12.4 Å². The summed E-state index contributed by atoms with van der Waals surface area (Å²) < 4.78 is 8.09. The monoisotopic (exact) mass is 349 g/mol. The van der Waals surface area contributed by atoms with E-state index in [-0.39, 0.29) is 0 Å². The van der Waals surface area contributed by atoms with E-state index in [0.717, 1.165) is 51.5 Å². The molecule has 0 aliphatic carbocycles. The number of imidazole rings is 1. The zero-order valence-corrected chi connectivity index (χ0v) is 14.7. The van der Waals surface area contributed by atoms with E-state index >= 15 is 0 Å². The highest BCUT2D eigenvalue weighted by atomic mass is 32.2. The molecule has 126 valence electrons. The Hall–Kier alpha value is -2.11. The fourth-order valence-electron chi connectivity index (χ4n) is 3.52. The lowest BCUT2D eigenvalue weighted by molar-refractivity contribution is 0.0315. The number of ether oxygens (including phenoxy) is 1. The van der Waals surface area contributed by atoms with Crippen LogP contribution in [0.15, 0.2) is 53.7 Å². The molecule has 0 bridgehead atoms. The van der Waals surface area contributed by atoms with Gasteiger partial charge in [-0.1, -0.05) is 36.0 Å². The fourth-order valence-corrected chi connectivity index (χ4v) is 4.59. The summed E-state index contributed by atoms with van der Waals surface area (Å²) in [4.78, 5) is 9.82. The first-order valence-electron chi connectivity index (χ1n) is 8.80. The van der Waals surface area contributed by atoms with E-state index in [2.05, 4.69) is 34.7 Å². The molecule has 0 radical (unpaired) electrons. The van der Waals surface area contributed by atoms with Gasteiger partial charge in [-0.25, -0.2) is 9.97 Å². The summed E-state index contributed by atoms with van der Waals surface area (Å²) in [5.74, 6) is 0.937. The molecule has 3 heterocycles. The smallest absolute Gasteiger partial charge is 0.174 e. The van der Waals surface area contributed by atoms with Crippen LogP contribution in [0.3, 0.4) is 0 Å². The molecule has 0 amide bonds. The maximum absolute atomic E-state index is 5.89. The van der Waals surface area contributed by atoms with E-state index in [9.17, 15) is 0 Å². The van der Waals surface area contributed by atoms with Gasteiger partial charge in [-0.3, -0.25) is 4.40 Å². The number of hydrogen-bond acceptors (Lipinski definition) is 4. The Balaban J connectivity index is 1.66. The molecule has 0 spiro atoms. The van der Waals surface area contributed by atoms with Crippen LogP contribution in [0.4, 0.5) is 0 Å². The van der Waals surface area contributed by atoms with Crippen molar-refractivity contribution >= 4 is 39.3 Å². The number of para-hydroxylation sites is 3. The van der Waals surface area contributed by atoms with Crippen LogP contribution in [0, 0.1) is 0 Å². The minimum Gasteiger partial charge on any atom is -0.377 e. The average Bonchev–Trinajstić information content (AvgIpc) is 3.07. The number of nitrogens with zero attached hydrogens (tertiary/aromatic N) is 3. The van der Waals surface area contributed by atoms with Crippen molar-refractivity contribution in [3.63, 3.8) is 0 Å². The molecule has 1 unspecified atom stereocenters. The third-order valence-electron chi connectivity index (χ3n) is 4.79. The molecule has 1 fully saturated rings. The first-order valence-corrected chi connectivity index (χ1v) is 9.79. The van der Waals surface area contributed by atoms with Gasteiger partial charge in [-0.05, 0) is 43.5 Å². The molecule has 1 aliphatic heterocycles. The Morgan fingerprint density at radius 2 is 1.84 bits per heavy atom. The lowest BCUT2D eigenvalue weighted by atomic mass is 10.1. The van der Waals surface area contributed by atoms with Crippen molar-refractivity contribution < 1.29 is 4.74 Å². The highest BCUT2D eigenvalue weighted by Crippen LogP contribution is 2.30. The van der Waals surface area contributed by atoms with Gasteiger partial charge in [0.25, 0.3) is 0 Å². The zero-order valence-electron chi connectivity index (χ0n) is 13.9. The number of hydrogen-bond donors (Lipinski definition) is 0. The lowest BCUT2D eigenvalue weighted by Gasteiger charge is -2.22. The fraction of sp³-hybridized carbons (Fsp3) is 0.300. The minimum atomic E-state index is 0.330. The van der Waals surface area contributed by atoms with Crippen molar-refractivity contribution in [1.29, 1.82) is 0 Å².